The highest BCUT2D eigenvalue weighted by molar-refractivity contribution is 6.09. The summed E-state index contributed by atoms with van der Waals surface area (Å²) in [6, 6.07) is 10.8. The number of unbranched alkanes of at least 4 members (excludes halogenated alkanes) is 1. The van der Waals surface area contributed by atoms with Gasteiger partial charge in [-0.05, 0) is 36.2 Å². The zero-order valence-corrected chi connectivity index (χ0v) is 17.2. The first kappa shape index (κ1) is 21.0. The number of phenols is 1. The summed E-state index contributed by atoms with van der Waals surface area (Å²) in [5.74, 6) is -3.80. The fraction of sp³-hybridized carbons (Fsp3) is 0.391. The van der Waals surface area contributed by atoms with E-state index >= 15 is 0 Å². The van der Waals surface area contributed by atoms with E-state index in [1.54, 1.807) is 36.5 Å². The van der Waals surface area contributed by atoms with Crippen molar-refractivity contribution in [3.63, 3.8) is 0 Å². The van der Waals surface area contributed by atoms with Crippen LogP contribution in [0.1, 0.15) is 37.1 Å². The number of nitrogens with zero attached hydrogens (tertiary/aromatic N) is 2. The van der Waals surface area contributed by atoms with Gasteiger partial charge in [0.2, 0.25) is 11.8 Å². The van der Waals surface area contributed by atoms with E-state index < -0.39 is 35.3 Å². The zero-order valence-electron chi connectivity index (χ0n) is 17.2. The van der Waals surface area contributed by atoms with E-state index in [-0.39, 0.29) is 24.6 Å². The molecule has 2 saturated heterocycles. The second-order valence-corrected chi connectivity index (χ2v) is 8.18. The summed E-state index contributed by atoms with van der Waals surface area (Å²) < 4.78 is 0. The van der Waals surface area contributed by atoms with Crippen molar-refractivity contribution >= 4 is 17.8 Å². The van der Waals surface area contributed by atoms with Gasteiger partial charge in [0.1, 0.15) is 11.3 Å². The van der Waals surface area contributed by atoms with Gasteiger partial charge in [0.15, 0.2) is 0 Å². The fourth-order valence-electron chi connectivity index (χ4n) is 4.78. The van der Waals surface area contributed by atoms with Crippen LogP contribution in [0.5, 0.6) is 5.75 Å². The van der Waals surface area contributed by atoms with Gasteiger partial charge >= 0.3 is 5.97 Å². The molecule has 0 bridgehead atoms. The first-order valence-electron chi connectivity index (χ1n) is 10.4. The topological polar surface area (TPSA) is 120 Å². The Kier molecular flexibility index (Phi) is 5.49. The van der Waals surface area contributed by atoms with Crippen LogP contribution in [0.15, 0.2) is 48.7 Å². The number of hydrogen-bond donors (Lipinski definition) is 3. The van der Waals surface area contributed by atoms with E-state index in [2.05, 4.69) is 10.3 Å². The number of aliphatic carboxylic acids is 1. The molecule has 2 amide bonds. The normalized spacial score (nSPS) is 27.5. The molecule has 0 aliphatic carbocycles. The largest absolute Gasteiger partial charge is 0.508 e. The molecule has 2 aromatic rings. The average molecular weight is 423 g/mol. The molecule has 8 nitrogen and oxygen atoms in total. The maximum absolute atomic E-state index is 13.4. The number of pyridine rings is 1. The van der Waals surface area contributed by atoms with Gasteiger partial charge in [0, 0.05) is 19.2 Å². The lowest BCUT2D eigenvalue weighted by Crippen LogP contribution is -2.57. The average Bonchev–Trinajstić information content (AvgIpc) is 3.24. The smallest absolute Gasteiger partial charge is 0.325 e. The van der Waals surface area contributed by atoms with Crippen LogP contribution in [-0.2, 0) is 20.8 Å². The molecule has 4 atom stereocenters. The third-order valence-electron chi connectivity index (χ3n) is 6.29. The van der Waals surface area contributed by atoms with Crippen molar-refractivity contribution in [1.82, 2.24) is 15.2 Å². The molecule has 4 unspecified atom stereocenters. The second kappa shape index (κ2) is 8.11. The maximum atomic E-state index is 13.4. The highest BCUT2D eigenvalue weighted by Gasteiger charge is 2.68. The van der Waals surface area contributed by atoms with Crippen molar-refractivity contribution in [2.75, 3.05) is 6.54 Å². The van der Waals surface area contributed by atoms with Crippen LogP contribution in [-0.4, -0.2) is 50.0 Å². The van der Waals surface area contributed by atoms with Crippen LogP contribution in [0.25, 0.3) is 0 Å². The van der Waals surface area contributed by atoms with Crippen LogP contribution in [0, 0.1) is 11.8 Å². The number of carboxylic acid groups (broad SMARTS) is 1. The molecule has 2 aliphatic heterocycles. The first-order chi connectivity index (χ1) is 14.9. The van der Waals surface area contributed by atoms with Gasteiger partial charge in [0.25, 0.3) is 0 Å². The van der Waals surface area contributed by atoms with Gasteiger partial charge in [-0.25, -0.2) is 0 Å². The Balaban J connectivity index is 1.80. The van der Waals surface area contributed by atoms with E-state index in [9.17, 15) is 24.6 Å². The molecule has 162 valence electrons. The number of phenolic OH excluding ortho intramolecular Hbond substituents is 1. The van der Waals surface area contributed by atoms with Crippen LogP contribution < -0.4 is 5.32 Å². The van der Waals surface area contributed by atoms with Crippen molar-refractivity contribution in [2.24, 2.45) is 11.8 Å². The lowest BCUT2D eigenvalue weighted by atomic mass is 9.76. The lowest BCUT2D eigenvalue weighted by Gasteiger charge is -2.31. The number of carbonyl (C=O) groups is 3. The number of imide groups is 1. The Bertz CT molecular complexity index is 994. The fourth-order valence-corrected chi connectivity index (χ4v) is 4.78. The number of nitrogens with one attached hydrogen (secondary N) is 1. The molecule has 2 aliphatic rings. The summed E-state index contributed by atoms with van der Waals surface area (Å²) >= 11 is 0. The van der Waals surface area contributed by atoms with Crippen LogP contribution in [0.2, 0.25) is 0 Å². The number of rotatable bonds is 7. The number of hydrogen-bond acceptors (Lipinski definition) is 6. The number of carboxylic acids is 1. The molecule has 1 aromatic heterocycles. The minimum Gasteiger partial charge on any atom is -0.508 e. The number of fused-ring (bicyclic) bond motifs is 1. The molecule has 0 saturated carbocycles. The van der Waals surface area contributed by atoms with Crippen molar-refractivity contribution in [3.05, 3.63) is 59.9 Å². The summed E-state index contributed by atoms with van der Waals surface area (Å²) in [5.41, 5.74) is -0.498. The number of aromatic nitrogens is 1. The summed E-state index contributed by atoms with van der Waals surface area (Å²) in [4.78, 5) is 44.9. The monoisotopic (exact) mass is 423 g/mol. The predicted octanol–water partition coefficient (Wildman–Crippen LogP) is 1.90. The molecule has 4 rings (SSSR count). The molecule has 0 radical (unpaired) electrons. The van der Waals surface area contributed by atoms with E-state index in [4.69, 9.17) is 0 Å². The quantitative estimate of drug-likeness (QED) is 0.582. The zero-order chi connectivity index (χ0) is 22.2. The SMILES string of the molecule is CCCCN1C(=O)C2C(c3ccccn3)NC(Cc3ccc(O)cc3)(C(=O)O)C2C1=O. The summed E-state index contributed by atoms with van der Waals surface area (Å²) in [5, 5.41) is 23.1. The van der Waals surface area contributed by atoms with Crippen LogP contribution in [0.4, 0.5) is 0 Å². The summed E-state index contributed by atoms with van der Waals surface area (Å²) in [6.45, 7) is 2.25. The van der Waals surface area contributed by atoms with Crippen LogP contribution in [0.3, 0.4) is 0 Å². The third-order valence-corrected chi connectivity index (χ3v) is 6.29. The molecule has 2 fully saturated rings. The van der Waals surface area contributed by atoms with Gasteiger partial charge in [0.05, 0.1) is 23.6 Å². The highest BCUT2D eigenvalue weighted by Crippen LogP contribution is 2.49. The Morgan fingerprint density at radius 1 is 1.16 bits per heavy atom. The van der Waals surface area contributed by atoms with E-state index in [1.807, 2.05) is 6.92 Å². The minimum absolute atomic E-state index is 0.00620. The highest BCUT2D eigenvalue weighted by atomic mass is 16.4. The molecule has 3 N–H and O–H groups in total. The molecular weight excluding hydrogens is 398 g/mol. The summed E-state index contributed by atoms with van der Waals surface area (Å²) in [7, 11) is 0. The van der Waals surface area contributed by atoms with Crippen molar-refractivity contribution < 1.29 is 24.6 Å². The van der Waals surface area contributed by atoms with Crippen molar-refractivity contribution in [2.45, 2.75) is 37.8 Å². The van der Waals surface area contributed by atoms with Crippen molar-refractivity contribution in [3.8, 4) is 5.75 Å². The van der Waals surface area contributed by atoms with Gasteiger partial charge in [-0.2, -0.15) is 0 Å². The molecule has 8 heteroatoms. The standard InChI is InChI=1S/C23H25N3O5/c1-2-3-12-26-20(28)17-18(21(26)29)23(22(30)31,13-14-7-9-15(27)10-8-14)25-19(17)16-6-4-5-11-24-16/h4-11,17-19,25,27H,2-3,12-13H2,1H3,(H,30,31). The lowest BCUT2D eigenvalue weighted by molar-refractivity contribution is -0.151. The number of aromatic hydroxyl groups is 1. The first-order valence-corrected chi connectivity index (χ1v) is 10.4. The number of carbonyl (C=O) groups excluding carboxylic acids is 2. The van der Waals surface area contributed by atoms with E-state index in [0.717, 1.165) is 6.42 Å². The molecule has 31 heavy (non-hydrogen) atoms. The van der Waals surface area contributed by atoms with Crippen molar-refractivity contribution in [1.29, 1.82) is 0 Å². The van der Waals surface area contributed by atoms with E-state index in [1.165, 1.54) is 17.0 Å². The Morgan fingerprint density at radius 3 is 2.52 bits per heavy atom. The molecule has 0 spiro atoms. The van der Waals surface area contributed by atoms with Crippen LogP contribution >= 0.6 is 0 Å². The van der Waals surface area contributed by atoms with Gasteiger partial charge in [-0.3, -0.25) is 29.6 Å². The second-order valence-electron chi connectivity index (χ2n) is 8.18. The Labute approximate surface area is 179 Å². The molecular formula is C23H25N3O5. The van der Waals surface area contributed by atoms with Gasteiger partial charge < -0.3 is 10.2 Å². The minimum atomic E-state index is -1.67. The number of likely N-dealkylation sites (tertiary alicyclic amines) is 1. The summed E-state index contributed by atoms with van der Waals surface area (Å²) in [6.07, 6.45) is 3.05. The molecule has 3 heterocycles. The maximum Gasteiger partial charge on any atom is 0.325 e. The Morgan fingerprint density at radius 2 is 1.90 bits per heavy atom. The number of benzene rings is 1. The van der Waals surface area contributed by atoms with Gasteiger partial charge in [-0.15, -0.1) is 0 Å². The number of amides is 2. The predicted molar refractivity (Wildman–Crippen MR) is 111 cm³/mol. The Hall–Kier alpha value is -3.26. The van der Waals surface area contributed by atoms with Gasteiger partial charge in [-0.1, -0.05) is 31.5 Å². The molecule has 1 aromatic carbocycles. The van der Waals surface area contributed by atoms with E-state index in [0.29, 0.717) is 17.7 Å². The third kappa shape index (κ3) is 3.46.